The van der Waals surface area contributed by atoms with E-state index in [0.717, 1.165) is 0 Å². The number of aliphatic hydroxyl groups is 2. The van der Waals surface area contributed by atoms with Crippen molar-refractivity contribution in [3.05, 3.63) is 12.2 Å². The van der Waals surface area contributed by atoms with Crippen LogP contribution in [0.15, 0.2) is 12.2 Å². The Morgan fingerprint density at radius 3 is 2.25 bits per heavy atom. The van der Waals surface area contributed by atoms with E-state index in [1.54, 1.807) is 0 Å². The smallest absolute Gasteiger partial charge is 0.0642 e. The van der Waals surface area contributed by atoms with Crippen molar-refractivity contribution in [2.24, 2.45) is 5.92 Å². The molecule has 2 heteroatoms. The molecule has 2 nitrogen and oxygen atoms in total. The largest absolute Gasteiger partial charge is 0.396 e. The molecule has 0 aromatic rings. The van der Waals surface area contributed by atoms with Crippen LogP contribution in [0.4, 0.5) is 0 Å². The second-order valence-electron chi connectivity index (χ2n) is 1.90. The summed E-state index contributed by atoms with van der Waals surface area (Å²) in [4.78, 5) is 0. The van der Waals surface area contributed by atoms with Crippen LogP contribution in [0.1, 0.15) is 6.92 Å². The van der Waals surface area contributed by atoms with E-state index >= 15 is 0 Å². The van der Waals surface area contributed by atoms with Gasteiger partial charge in [-0.2, -0.15) is 0 Å². The van der Waals surface area contributed by atoms with E-state index in [9.17, 15) is 0 Å². The fraction of sp³-hybridized carbons (Fsp3) is 0.667. The molecule has 0 unspecified atom stereocenters. The molecule has 0 fully saturated rings. The molecule has 0 radical (unpaired) electrons. The molecule has 2 N–H and O–H groups in total. The van der Waals surface area contributed by atoms with Gasteiger partial charge in [0.1, 0.15) is 0 Å². The van der Waals surface area contributed by atoms with Crippen molar-refractivity contribution in [3.63, 3.8) is 0 Å². The predicted octanol–water partition coefficient (Wildman–Crippen LogP) is 0.163. The molecular weight excluding hydrogens is 104 g/mol. The van der Waals surface area contributed by atoms with Gasteiger partial charge >= 0.3 is 0 Å². The van der Waals surface area contributed by atoms with E-state index in [1.165, 1.54) is 0 Å². The Hall–Kier alpha value is -0.340. The zero-order valence-corrected chi connectivity index (χ0v) is 5.09. The summed E-state index contributed by atoms with van der Waals surface area (Å²) >= 11 is 0. The molecule has 0 bridgehead atoms. The maximum Gasteiger partial charge on any atom is 0.0642 e. The van der Waals surface area contributed by atoms with Crippen LogP contribution < -0.4 is 0 Å². The van der Waals surface area contributed by atoms with Gasteiger partial charge in [-0.3, -0.25) is 0 Å². The molecule has 0 rings (SSSR count). The number of aliphatic hydroxyl groups excluding tert-OH is 2. The van der Waals surface area contributed by atoms with Gasteiger partial charge in [-0.1, -0.05) is 13.5 Å². The first-order valence-electron chi connectivity index (χ1n) is 2.61. The van der Waals surface area contributed by atoms with Crippen LogP contribution in [0.2, 0.25) is 0 Å². The summed E-state index contributed by atoms with van der Waals surface area (Å²) in [5.41, 5.74) is 0.688. The Kier molecular flexibility index (Phi) is 3.48. The van der Waals surface area contributed by atoms with Crippen molar-refractivity contribution in [2.75, 3.05) is 13.2 Å². The quantitative estimate of drug-likeness (QED) is 0.516. The summed E-state index contributed by atoms with van der Waals surface area (Å²) in [6.07, 6.45) is 0. The molecule has 1 atom stereocenters. The third-order valence-electron chi connectivity index (χ3n) is 1.17. The van der Waals surface area contributed by atoms with Gasteiger partial charge in [0.05, 0.1) is 6.61 Å². The number of hydrogen-bond donors (Lipinski definition) is 2. The van der Waals surface area contributed by atoms with E-state index in [-0.39, 0.29) is 19.1 Å². The first-order chi connectivity index (χ1) is 3.72. The van der Waals surface area contributed by atoms with Gasteiger partial charge in [0.15, 0.2) is 0 Å². The summed E-state index contributed by atoms with van der Waals surface area (Å²) < 4.78 is 0. The molecule has 0 aromatic carbocycles. The van der Waals surface area contributed by atoms with Gasteiger partial charge < -0.3 is 10.2 Å². The molecule has 0 saturated heterocycles. The highest BCUT2D eigenvalue weighted by Gasteiger charge is 2.01. The van der Waals surface area contributed by atoms with Gasteiger partial charge in [-0.25, -0.2) is 0 Å². The highest BCUT2D eigenvalue weighted by molar-refractivity contribution is 4.98. The van der Waals surface area contributed by atoms with Crippen molar-refractivity contribution >= 4 is 0 Å². The average Bonchev–Trinajstić information content (AvgIpc) is 1.84. The maximum atomic E-state index is 8.46. The summed E-state index contributed by atoms with van der Waals surface area (Å²) in [6, 6.07) is 0. The Morgan fingerprint density at radius 1 is 1.62 bits per heavy atom. The third-order valence-corrected chi connectivity index (χ3v) is 1.17. The van der Waals surface area contributed by atoms with Gasteiger partial charge in [-0.05, 0) is 5.57 Å². The van der Waals surface area contributed by atoms with Gasteiger partial charge in [0.2, 0.25) is 0 Å². The molecule has 8 heavy (non-hydrogen) atoms. The lowest BCUT2D eigenvalue weighted by Crippen LogP contribution is -2.06. The second-order valence-corrected chi connectivity index (χ2v) is 1.90. The van der Waals surface area contributed by atoms with Crippen LogP contribution in [0.25, 0.3) is 0 Å². The first-order valence-corrected chi connectivity index (χ1v) is 2.61. The summed E-state index contributed by atoms with van der Waals surface area (Å²) in [5, 5.41) is 16.9. The highest BCUT2D eigenvalue weighted by atomic mass is 16.3. The first kappa shape index (κ1) is 7.66. The van der Waals surface area contributed by atoms with E-state index in [2.05, 4.69) is 6.58 Å². The van der Waals surface area contributed by atoms with Crippen molar-refractivity contribution in [3.8, 4) is 0 Å². The lowest BCUT2D eigenvalue weighted by atomic mass is 10.1. The standard InChI is InChI=1S/C6H12O2/c1-5(3-7)6(2)4-8/h6-8H,1,3-4H2,2H3/t6-/m1/s1. The highest BCUT2D eigenvalue weighted by Crippen LogP contribution is 2.03. The topological polar surface area (TPSA) is 40.5 Å². The normalized spacial score (nSPS) is 13.4. The van der Waals surface area contributed by atoms with Gasteiger partial charge in [0.25, 0.3) is 0 Å². The minimum atomic E-state index is -0.0261. The molecule has 0 aromatic heterocycles. The van der Waals surface area contributed by atoms with Gasteiger partial charge in [0, 0.05) is 12.5 Å². The average molecular weight is 116 g/mol. The number of rotatable bonds is 3. The van der Waals surface area contributed by atoms with Gasteiger partial charge in [-0.15, -0.1) is 0 Å². The van der Waals surface area contributed by atoms with Crippen LogP contribution in [0.5, 0.6) is 0 Å². The van der Waals surface area contributed by atoms with E-state index in [4.69, 9.17) is 10.2 Å². The predicted molar refractivity (Wildman–Crippen MR) is 32.5 cm³/mol. The zero-order valence-electron chi connectivity index (χ0n) is 5.09. The van der Waals surface area contributed by atoms with Crippen LogP contribution in [0.3, 0.4) is 0 Å². The Balaban J connectivity index is 3.46. The van der Waals surface area contributed by atoms with E-state index < -0.39 is 0 Å². The third kappa shape index (κ3) is 2.09. The Morgan fingerprint density at radius 2 is 2.12 bits per heavy atom. The van der Waals surface area contributed by atoms with Crippen LogP contribution in [-0.4, -0.2) is 23.4 Å². The molecular formula is C6H12O2. The number of hydrogen-bond acceptors (Lipinski definition) is 2. The van der Waals surface area contributed by atoms with Crippen LogP contribution >= 0.6 is 0 Å². The summed E-state index contributed by atoms with van der Waals surface area (Å²) in [6.45, 7) is 5.39. The van der Waals surface area contributed by atoms with Crippen molar-refractivity contribution in [1.82, 2.24) is 0 Å². The summed E-state index contributed by atoms with van der Waals surface area (Å²) in [7, 11) is 0. The monoisotopic (exact) mass is 116 g/mol. The zero-order chi connectivity index (χ0) is 6.57. The SMILES string of the molecule is C=C(CO)[C@H](C)CO. The fourth-order valence-electron chi connectivity index (χ4n) is 0.285. The summed E-state index contributed by atoms with van der Waals surface area (Å²) in [5.74, 6) is 0.0278. The van der Waals surface area contributed by atoms with Crippen molar-refractivity contribution in [1.29, 1.82) is 0 Å². The lowest BCUT2D eigenvalue weighted by Gasteiger charge is -2.06. The van der Waals surface area contributed by atoms with Crippen LogP contribution in [0, 0.1) is 5.92 Å². The van der Waals surface area contributed by atoms with E-state index in [1.807, 2.05) is 6.92 Å². The molecule has 0 spiro atoms. The minimum Gasteiger partial charge on any atom is -0.396 e. The van der Waals surface area contributed by atoms with Crippen LogP contribution in [-0.2, 0) is 0 Å². The molecule has 0 heterocycles. The van der Waals surface area contributed by atoms with Crippen molar-refractivity contribution < 1.29 is 10.2 Å². The minimum absolute atomic E-state index is 0.0261. The maximum absolute atomic E-state index is 8.46. The molecule has 0 amide bonds. The molecule has 0 aliphatic carbocycles. The Bertz CT molecular complexity index is 78.6. The second kappa shape index (κ2) is 3.64. The Labute approximate surface area is 49.5 Å². The molecule has 0 aliphatic heterocycles. The lowest BCUT2D eigenvalue weighted by molar-refractivity contribution is 0.237. The molecule has 0 saturated carbocycles. The molecule has 48 valence electrons. The molecule has 0 aliphatic rings. The van der Waals surface area contributed by atoms with Crippen molar-refractivity contribution in [2.45, 2.75) is 6.92 Å². The fourth-order valence-corrected chi connectivity index (χ4v) is 0.285. The van der Waals surface area contributed by atoms with E-state index in [0.29, 0.717) is 5.57 Å².